The van der Waals surface area contributed by atoms with Gasteiger partial charge in [-0.05, 0) is 67.2 Å². The number of aryl methyl sites for hydroxylation is 1. The van der Waals surface area contributed by atoms with Crippen molar-refractivity contribution in [3.8, 4) is 11.3 Å². The van der Waals surface area contributed by atoms with Crippen molar-refractivity contribution < 1.29 is 8.81 Å². The third-order valence-electron chi connectivity index (χ3n) is 5.58. The monoisotopic (exact) mass is 463 g/mol. The summed E-state index contributed by atoms with van der Waals surface area (Å²) in [5.41, 5.74) is 3.03. The van der Waals surface area contributed by atoms with E-state index >= 15 is 0 Å². The van der Waals surface area contributed by atoms with E-state index in [9.17, 15) is 4.39 Å². The van der Waals surface area contributed by atoms with Crippen LogP contribution in [0.1, 0.15) is 29.1 Å². The van der Waals surface area contributed by atoms with Crippen LogP contribution in [0.4, 0.5) is 10.1 Å². The molecule has 1 saturated heterocycles. The molecule has 0 amide bonds. The second-order valence-electron chi connectivity index (χ2n) is 7.61. The lowest BCUT2D eigenvalue weighted by atomic mass is 10.0. The van der Waals surface area contributed by atoms with Gasteiger partial charge in [0.05, 0.1) is 17.4 Å². The summed E-state index contributed by atoms with van der Waals surface area (Å²) in [6, 6.07) is 21.1. The number of rotatable bonds is 4. The highest BCUT2D eigenvalue weighted by atomic mass is 35.5. The van der Waals surface area contributed by atoms with Gasteiger partial charge in [0.2, 0.25) is 0 Å². The maximum absolute atomic E-state index is 14.8. The van der Waals surface area contributed by atoms with E-state index in [0.717, 1.165) is 16.8 Å². The minimum Gasteiger partial charge on any atom is -0.459 e. The number of furan rings is 1. The van der Waals surface area contributed by atoms with Crippen LogP contribution in [-0.2, 0) is 0 Å². The Balaban J connectivity index is 1.61. The van der Waals surface area contributed by atoms with Crippen molar-refractivity contribution >= 4 is 34.6 Å². The molecule has 4 nitrogen and oxygen atoms in total. The molecule has 0 radical (unpaired) electrons. The second-order valence-corrected chi connectivity index (χ2v) is 8.41. The van der Waals surface area contributed by atoms with E-state index in [1.807, 2.05) is 55.5 Å². The summed E-state index contributed by atoms with van der Waals surface area (Å²) in [5, 5.41) is 4.39. The molecule has 32 heavy (non-hydrogen) atoms. The van der Waals surface area contributed by atoms with Gasteiger partial charge >= 0.3 is 0 Å². The van der Waals surface area contributed by atoms with E-state index in [4.69, 9.17) is 28.2 Å². The first-order chi connectivity index (χ1) is 15.5. The molecule has 1 aliphatic rings. The van der Waals surface area contributed by atoms with Gasteiger partial charge in [0.25, 0.3) is 0 Å². The Labute approximate surface area is 195 Å². The van der Waals surface area contributed by atoms with Crippen molar-refractivity contribution in [1.82, 2.24) is 10.3 Å². The van der Waals surface area contributed by atoms with Crippen molar-refractivity contribution in [2.75, 3.05) is 4.90 Å². The minimum atomic E-state index is -0.427. The molecule has 0 saturated carbocycles. The number of nitrogens with zero attached hydrogens (tertiary/aromatic N) is 2. The highest BCUT2D eigenvalue weighted by Gasteiger charge is 2.43. The Morgan fingerprint density at radius 3 is 2.62 bits per heavy atom. The summed E-state index contributed by atoms with van der Waals surface area (Å²) in [7, 11) is 0. The Morgan fingerprint density at radius 2 is 1.88 bits per heavy atom. The Kier molecular flexibility index (Phi) is 5.41. The zero-order valence-corrected chi connectivity index (χ0v) is 18.7. The van der Waals surface area contributed by atoms with Crippen molar-refractivity contribution in [1.29, 1.82) is 0 Å². The molecular formula is C25H19ClFN3OS. The second kappa shape index (κ2) is 8.37. The molecule has 2 atom stereocenters. The van der Waals surface area contributed by atoms with Crippen molar-refractivity contribution in [3.05, 3.63) is 107 Å². The van der Waals surface area contributed by atoms with Crippen molar-refractivity contribution in [2.24, 2.45) is 0 Å². The molecule has 0 aliphatic carbocycles. The average Bonchev–Trinajstić information content (AvgIpc) is 3.41. The smallest absolute Gasteiger partial charge is 0.174 e. The SMILES string of the molecule is Cc1ccc(-c2ccc([C@H]3[C@@H](c4ccccn4)NC(=S)N3c3ccccc3F)o2)cc1Cl. The van der Waals surface area contributed by atoms with Crippen molar-refractivity contribution in [3.63, 3.8) is 0 Å². The third-order valence-corrected chi connectivity index (χ3v) is 6.31. The summed E-state index contributed by atoms with van der Waals surface area (Å²) in [6.45, 7) is 1.95. The van der Waals surface area contributed by atoms with Crippen LogP contribution in [0.15, 0.2) is 83.4 Å². The minimum absolute atomic E-state index is 0.316. The van der Waals surface area contributed by atoms with Crippen molar-refractivity contribution in [2.45, 2.75) is 19.0 Å². The van der Waals surface area contributed by atoms with Crippen LogP contribution in [0, 0.1) is 12.7 Å². The fraction of sp³-hybridized carbons (Fsp3) is 0.120. The molecule has 2 aromatic heterocycles. The largest absolute Gasteiger partial charge is 0.459 e. The molecule has 4 aromatic rings. The number of hydrogen-bond acceptors (Lipinski definition) is 3. The van der Waals surface area contributed by atoms with Crippen LogP contribution in [0.25, 0.3) is 11.3 Å². The molecule has 2 aromatic carbocycles. The summed E-state index contributed by atoms with van der Waals surface area (Å²) < 4.78 is 21.1. The number of benzene rings is 2. The lowest BCUT2D eigenvalue weighted by molar-refractivity contribution is 0.438. The molecule has 5 rings (SSSR count). The van der Waals surface area contributed by atoms with E-state index in [0.29, 0.717) is 27.3 Å². The summed E-state index contributed by atoms with van der Waals surface area (Å²) >= 11 is 11.9. The average molecular weight is 464 g/mol. The topological polar surface area (TPSA) is 41.3 Å². The van der Waals surface area contributed by atoms with Crippen LogP contribution >= 0.6 is 23.8 Å². The van der Waals surface area contributed by atoms with Crippen LogP contribution in [0.3, 0.4) is 0 Å². The fourth-order valence-corrected chi connectivity index (χ4v) is 4.48. The standard InChI is InChI=1S/C25H19ClFN3OS/c1-15-9-10-16(14-17(15)26)21-11-12-22(31-21)24-23(19-7-4-5-13-28-19)29-25(32)30(24)20-8-3-2-6-18(20)27/h2-14,23-24H,1H3,(H,29,32)/t23-,24+/m1/s1. The first-order valence-electron chi connectivity index (χ1n) is 10.1. The van der Waals surface area contributed by atoms with E-state index in [2.05, 4.69) is 10.3 Å². The van der Waals surface area contributed by atoms with Gasteiger partial charge in [0.15, 0.2) is 5.11 Å². The zero-order chi connectivity index (χ0) is 22.2. The molecule has 1 aliphatic heterocycles. The highest BCUT2D eigenvalue weighted by Crippen LogP contribution is 2.43. The predicted octanol–water partition coefficient (Wildman–Crippen LogP) is 6.62. The number of nitrogens with one attached hydrogen (secondary N) is 1. The molecular weight excluding hydrogens is 445 g/mol. The molecule has 7 heteroatoms. The summed E-state index contributed by atoms with van der Waals surface area (Å²) in [6.07, 6.45) is 1.73. The Morgan fingerprint density at radius 1 is 1.06 bits per heavy atom. The van der Waals surface area contributed by atoms with E-state index in [1.165, 1.54) is 6.07 Å². The fourth-order valence-electron chi connectivity index (χ4n) is 3.96. The van der Waals surface area contributed by atoms with E-state index in [-0.39, 0.29) is 11.9 Å². The van der Waals surface area contributed by atoms with Crippen LogP contribution in [-0.4, -0.2) is 10.1 Å². The molecule has 0 spiro atoms. The zero-order valence-electron chi connectivity index (χ0n) is 17.1. The maximum Gasteiger partial charge on any atom is 0.174 e. The predicted molar refractivity (Wildman–Crippen MR) is 128 cm³/mol. The van der Waals surface area contributed by atoms with Gasteiger partial charge in [-0.2, -0.15) is 0 Å². The first kappa shape index (κ1) is 20.7. The molecule has 3 heterocycles. The molecule has 0 bridgehead atoms. The third kappa shape index (κ3) is 3.66. The van der Waals surface area contributed by atoms with Gasteiger partial charge < -0.3 is 14.6 Å². The quantitative estimate of drug-likeness (QED) is 0.344. The summed E-state index contributed by atoms with van der Waals surface area (Å²) in [5.74, 6) is 0.955. The van der Waals surface area contributed by atoms with Gasteiger partial charge in [-0.1, -0.05) is 41.9 Å². The van der Waals surface area contributed by atoms with Gasteiger partial charge in [-0.3, -0.25) is 4.98 Å². The maximum atomic E-state index is 14.8. The number of thiocarbonyl (C=S) groups is 1. The van der Waals surface area contributed by atoms with Gasteiger partial charge in [-0.15, -0.1) is 0 Å². The van der Waals surface area contributed by atoms with Gasteiger partial charge in [-0.25, -0.2) is 4.39 Å². The lowest BCUT2D eigenvalue weighted by Gasteiger charge is -2.26. The number of pyridine rings is 1. The Hall–Kier alpha value is -3.22. The number of hydrogen-bond donors (Lipinski definition) is 1. The number of para-hydroxylation sites is 1. The molecule has 1 fully saturated rings. The van der Waals surface area contributed by atoms with Gasteiger partial charge in [0, 0.05) is 16.8 Å². The first-order valence-corrected chi connectivity index (χ1v) is 10.9. The van der Waals surface area contributed by atoms with Crippen LogP contribution in [0.2, 0.25) is 5.02 Å². The normalized spacial score (nSPS) is 18.1. The highest BCUT2D eigenvalue weighted by molar-refractivity contribution is 7.80. The number of anilines is 1. The molecule has 160 valence electrons. The molecule has 1 N–H and O–H groups in total. The lowest BCUT2D eigenvalue weighted by Crippen LogP contribution is -2.30. The van der Waals surface area contributed by atoms with Gasteiger partial charge in [0.1, 0.15) is 23.4 Å². The Bertz CT molecular complexity index is 1290. The number of halogens is 2. The molecule has 0 unspecified atom stereocenters. The van der Waals surface area contributed by atoms with E-state index in [1.54, 1.807) is 29.3 Å². The number of aromatic nitrogens is 1. The van der Waals surface area contributed by atoms with Crippen LogP contribution in [0.5, 0.6) is 0 Å². The summed E-state index contributed by atoms with van der Waals surface area (Å²) in [4.78, 5) is 6.26. The van der Waals surface area contributed by atoms with E-state index < -0.39 is 6.04 Å². The van der Waals surface area contributed by atoms with Crippen LogP contribution < -0.4 is 10.2 Å².